The summed E-state index contributed by atoms with van der Waals surface area (Å²) in [7, 11) is 0. The summed E-state index contributed by atoms with van der Waals surface area (Å²) in [5.41, 5.74) is 6.31. The molecule has 0 heterocycles. The van der Waals surface area contributed by atoms with Gasteiger partial charge in [0.2, 0.25) is 0 Å². The van der Waals surface area contributed by atoms with Crippen LogP contribution in [0.2, 0.25) is 0 Å². The lowest BCUT2D eigenvalue weighted by Crippen LogP contribution is -2.32. The molecule has 3 heteroatoms. The maximum absolute atomic E-state index is 12.0. The summed E-state index contributed by atoms with van der Waals surface area (Å²) in [5, 5.41) is 0. The Kier molecular flexibility index (Phi) is 3.71. The third kappa shape index (κ3) is 4.15. The van der Waals surface area contributed by atoms with Gasteiger partial charge in [-0.25, -0.2) is 0 Å². The zero-order valence-corrected chi connectivity index (χ0v) is 11.1. The summed E-state index contributed by atoms with van der Waals surface area (Å²) >= 11 is 0. The first kappa shape index (κ1) is 13.1. The molecule has 0 bridgehead atoms. The van der Waals surface area contributed by atoms with Crippen molar-refractivity contribution in [1.82, 2.24) is 0 Å². The van der Waals surface area contributed by atoms with E-state index in [0.29, 0.717) is 18.9 Å². The number of hydrogen-bond acceptors (Lipinski definition) is 3. The molecule has 0 amide bonds. The molecule has 2 N–H and O–H groups in total. The van der Waals surface area contributed by atoms with Crippen molar-refractivity contribution in [3.63, 3.8) is 0 Å². The van der Waals surface area contributed by atoms with Crippen molar-refractivity contribution in [2.45, 2.75) is 51.2 Å². The Labute approximate surface area is 108 Å². The van der Waals surface area contributed by atoms with Gasteiger partial charge >= 0.3 is 0 Å². The number of ketones is 1. The van der Waals surface area contributed by atoms with Gasteiger partial charge in [0.05, 0.1) is 6.10 Å². The van der Waals surface area contributed by atoms with Crippen LogP contribution in [-0.2, 0) is 0 Å². The first-order valence-electron chi connectivity index (χ1n) is 6.53. The van der Waals surface area contributed by atoms with E-state index in [1.165, 1.54) is 0 Å². The zero-order valence-electron chi connectivity index (χ0n) is 11.1. The smallest absolute Gasteiger partial charge is 0.163 e. The number of Topliss-reactive ketones (excluding diaryl/α,β-unsaturated/α-hetero) is 1. The largest absolute Gasteiger partial charge is 0.490 e. The molecule has 0 aliphatic heterocycles. The third-order valence-corrected chi connectivity index (χ3v) is 2.98. The number of benzene rings is 1. The van der Waals surface area contributed by atoms with Gasteiger partial charge in [-0.3, -0.25) is 4.79 Å². The van der Waals surface area contributed by atoms with Crippen LogP contribution >= 0.6 is 0 Å². The lowest BCUT2D eigenvalue weighted by atomic mass is 9.96. The number of hydrogen-bond donors (Lipinski definition) is 1. The van der Waals surface area contributed by atoms with Crippen LogP contribution in [0.3, 0.4) is 0 Å². The highest BCUT2D eigenvalue weighted by atomic mass is 16.5. The van der Waals surface area contributed by atoms with E-state index in [1.54, 1.807) is 0 Å². The predicted octanol–water partition coefficient (Wildman–Crippen LogP) is 2.93. The van der Waals surface area contributed by atoms with E-state index in [0.717, 1.165) is 24.2 Å². The summed E-state index contributed by atoms with van der Waals surface area (Å²) in [4.78, 5) is 12.0. The van der Waals surface area contributed by atoms with Crippen LogP contribution in [0, 0.1) is 0 Å². The summed E-state index contributed by atoms with van der Waals surface area (Å²) in [6, 6.07) is 7.45. The van der Waals surface area contributed by atoms with E-state index < -0.39 is 0 Å². The minimum Gasteiger partial charge on any atom is -0.490 e. The fraction of sp³-hybridized carbons (Fsp3) is 0.533. The molecule has 0 saturated heterocycles. The molecule has 0 radical (unpaired) electrons. The highest BCUT2D eigenvalue weighted by molar-refractivity contribution is 5.96. The van der Waals surface area contributed by atoms with Crippen LogP contribution in [0.4, 0.5) is 0 Å². The summed E-state index contributed by atoms with van der Waals surface area (Å²) in [6.07, 6.45) is 3.79. The van der Waals surface area contributed by atoms with Crippen LogP contribution in [-0.4, -0.2) is 17.4 Å². The van der Waals surface area contributed by atoms with Crippen molar-refractivity contribution in [2.24, 2.45) is 5.73 Å². The molecule has 1 aromatic carbocycles. The average Bonchev–Trinajstić information content (AvgIpc) is 3.09. The number of carbonyl (C=O) groups excluding carboxylic acids is 1. The Balaban J connectivity index is 1.96. The highest BCUT2D eigenvalue weighted by Gasteiger charge is 2.23. The molecule has 0 spiro atoms. The predicted molar refractivity (Wildman–Crippen MR) is 71.9 cm³/mol. The van der Waals surface area contributed by atoms with Crippen molar-refractivity contribution < 1.29 is 9.53 Å². The van der Waals surface area contributed by atoms with Crippen LogP contribution in [0.25, 0.3) is 0 Å². The SMILES string of the molecule is CC(C)(N)CCC(=O)c1cccc(OC2CC2)c1. The lowest BCUT2D eigenvalue weighted by molar-refractivity contribution is 0.0972. The molecule has 1 saturated carbocycles. The van der Waals surface area contributed by atoms with Gasteiger partial charge in [-0.15, -0.1) is 0 Å². The summed E-state index contributed by atoms with van der Waals surface area (Å²) in [5.74, 6) is 0.935. The lowest BCUT2D eigenvalue weighted by Gasteiger charge is -2.17. The molecule has 1 aliphatic carbocycles. The maximum Gasteiger partial charge on any atom is 0.163 e. The van der Waals surface area contributed by atoms with E-state index in [-0.39, 0.29) is 11.3 Å². The first-order chi connectivity index (χ1) is 8.44. The minimum atomic E-state index is -0.294. The van der Waals surface area contributed by atoms with Crippen LogP contribution in [0.1, 0.15) is 49.9 Å². The number of nitrogens with two attached hydrogens (primary N) is 1. The molecule has 2 rings (SSSR count). The third-order valence-electron chi connectivity index (χ3n) is 2.98. The van der Waals surface area contributed by atoms with Crippen LogP contribution in [0.15, 0.2) is 24.3 Å². The number of rotatable bonds is 6. The van der Waals surface area contributed by atoms with Gasteiger partial charge in [0.1, 0.15) is 5.75 Å². The van der Waals surface area contributed by atoms with Crippen molar-refractivity contribution in [1.29, 1.82) is 0 Å². The van der Waals surface area contributed by atoms with E-state index in [1.807, 2.05) is 38.1 Å². The fourth-order valence-corrected chi connectivity index (χ4v) is 1.70. The molecule has 1 aliphatic rings. The monoisotopic (exact) mass is 247 g/mol. The Morgan fingerprint density at radius 2 is 2.17 bits per heavy atom. The molecule has 1 aromatic rings. The second kappa shape index (κ2) is 5.11. The standard InChI is InChI=1S/C15H21NO2/c1-15(2,16)9-8-14(17)11-4-3-5-13(10-11)18-12-6-7-12/h3-5,10,12H,6-9,16H2,1-2H3. The van der Waals surface area contributed by atoms with Gasteiger partial charge in [-0.1, -0.05) is 12.1 Å². The molecule has 0 atom stereocenters. The molecule has 98 valence electrons. The molecule has 0 unspecified atom stereocenters. The molecule has 18 heavy (non-hydrogen) atoms. The van der Waals surface area contributed by atoms with Crippen molar-refractivity contribution >= 4 is 5.78 Å². The number of ether oxygens (including phenoxy) is 1. The van der Waals surface area contributed by atoms with Gasteiger partial charge in [0.15, 0.2) is 5.78 Å². The van der Waals surface area contributed by atoms with Crippen LogP contribution in [0.5, 0.6) is 5.75 Å². The fourth-order valence-electron chi connectivity index (χ4n) is 1.70. The quantitative estimate of drug-likeness (QED) is 0.786. The molecular weight excluding hydrogens is 226 g/mol. The Morgan fingerprint density at radius 3 is 2.78 bits per heavy atom. The second-order valence-electron chi connectivity index (χ2n) is 5.76. The average molecular weight is 247 g/mol. The summed E-state index contributed by atoms with van der Waals surface area (Å²) < 4.78 is 5.68. The molecule has 1 fully saturated rings. The van der Waals surface area contributed by atoms with Gasteiger partial charge in [-0.2, -0.15) is 0 Å². The zero-order chi connectivity index (χ0) is 13.2. The van der Waals surface area contributed by atoms with Gasteiger partial charge < -0.3 is 10.5 Å². The van der Waals surface area contributed by atoms with Gasteiger partial charge in [-0.05, 0) is 45.2 Å². The van der Waals surface area contributed by atoms with Gasteiger partial charge in [0.25, 0.3) is 0 Å². The normalized spacial score (nSPS) is 15.5. The second-order valence-corrected chi connectivity index (χ2v) is 5.76. The Hall–Kier alpha value is -1.35. The first-order valence-corrected chi connectivity index (χ1v) is 6.53. The van der Waals surface area contributed by atoms with Crippen molar-refractivity contribution in [3.05, 3.63) is 29.8 Å². The molecular formula is C15H21NO2. The minimum absolute atomic E-state index is 0.134. The number of carbonyl (C=O) groups is 1. The van der Waals surface area contributed by atoms with E-state index in [4.69, 9.17) is 10.5 Å². The van der Waals surface area contributed by atoms with E-state index in [2.05, 4.69) is 0 Å². The Morgan fingerprint density at radius 1 is 1.44 bits per heavy atom. The molecule has 3 nitrogen and oxygen atoms in total. The summed E-state index contributed by atoms with van der Waals surface area (Å²) in [6.45, 7) is 3.87. The van der Waals surface area contributed by atoms with E-state index in [9.17, 15) is 4.79 Å². The highest BCUT2D eigenvalue weighted by Crippen LogP contribution is 2.27. The van der Waals surface area contributed by atoms with Crippen molar-refractivity contribution in [2.75, 3.05) is 0 Å². The molecule has 0 aromatic heterocycles. The van der Waals surface area contributed by atoms with Gasteiger partial charge in [0, 0.05) is 17.5 Å². The van der Waals surface area contributed by atoms with Crippen LogP contribution < -0.4 is 10.5 Å². The Bertz CT molecular complexity index is 430. The maximum atomic E-state index is 12.0. The topological polar surface area (TPSA) is 52.3 Å². The van der Waals surface area contributed by atoms with Crippen molar-refractivity contribution in [3.8, 4) is 5.75 Å². The van der Waals surface area contributed by atoms with E-state index >= 15 is 0 Å².